The molecule has 0 saturated heterocycles. The second kappa shape index (κ2) is 4.62. The summed E-state index contributed by atoms with van der Waals surface area (Å²) in [6.07, 6.45) is 0. The van der Waals surface area contributed by atoms with E-state index in [9.17, 15) is 13.6 Å². The summed E-state index contributed by atoms with van der Waals surface area (Å²) >= 11 is 2.97. The van der Waals surface area contributed by atoms with Crippen molar-refractivity contribution < 1.29 is 23.4 Å². The summed E-state index contributed by atoms with van der Waals surface area (Å²) in [6, 6.07) is 3.35. The van der Waals surface area contributed by atoms with Crippen LogP contribution in [0.1, 0.15) is 5.56 Å². The molecule has 0 aliphatic heterocycles. The largest absolute Gasteiger partial charge is 0.595 e. The maximum atomic E-state index is 11.0. The van der Waals surface area contributed by atoms with Crippen LogP contribution in [0.2, 0.25) is 0 Å². The van der Waals surface area contributed by atoms with Crippen molar-refractivity contribution in [2.24, 2.45) is 0 Å². The van der Waals surface area contributed by atoms with Crippen molar-refractivity contribution in [1.82, 2.24) is 0 Å². The van der Waals surface area contributed by atoms with Crippen LogP contribution >= 0.6 is 15.9 Å². The van der Waals surface area contributed by atoms with Gasteiger partial charge in [0.1, 0.15) is 4.90 Å². The molecule has 1 rings (SSSR count). The van der Waals surface area contributed by atoms with E-state index in [0.717, 1.165) is 6.07 Å². The minimum absolute atomic E-state index is 0.118. The average Bonchev–Trinajstić information content (AvgIpc) is 2.15. The van der Waals surface area contributed by atoms with Crippen molar-refractivity contribution in [1.29, 1.82) is 0 Å². The normalized spacial score (nSPS) is 13.5. The molecule has 0 fully saturated rings. The first-order valence-corrected chi connectivity index (χ1v) is 6.16. The van der Waals surface area contributed by atoms with Gasteiger partial charge in [-0.1, -0.05) is 22.5 Å². The molecule has 0 aromatic heterocycles. The van der Waals surface area contributed by atoms with Crippen LogP contribution in [0.25, 0.3) is 4.48 Å². The highest BCUT2D eigenvalue weighted by molar-refractivity contribution is 9.15. The molecule has 0 aliphatic rings. The quantitative estimate of drug-likeness (QED) is 0.563. The Morgan fingerprint density at radius 1 is 1.50 bits per heavy atom. The summed E-state index contributed by atoms with van der Waals surface area (Å²) in [7, 11) is -4.49. The Kier molecular flexibility index (Phi) is 3.84. The van der Waals surface area contributed by atoms with E-state index < -0.39 is 20.2 Å². The van der Waals surface area contributed by atoms with Gasteiger partial charge >= 0.3 is 0 Å². The van der Waals surface area contributed by atoms with Gasteiger partial charge in [-0.15, -0.1) is 0 Å². The Hall–Kier alpha value is -0.770. The lowest BCUT2D eigenvalue weighted by molar-refractivity contribution is -0.991. The molecule has 1 atom stereocenters. The highest BCUT2D eigenvalue weighted by Crippen LogP contribution is 2.27. The van der Waals surface area contributed by atoms with Gasteiger partial charge in [0.15, 0.2) is 5.69 Å². The lowest BCUT2D eigenvalue weighted by atomic mass is 10.2. The molecule has 0 spiro atoms. The van der Waals surface area contributed by atoms with Gasteiger partial charge in [0.2, 0.25) is 0 Å². The molecule has 0 radical (unpaired) electrons. The number of rotatable bonds is 3. The summed E-state index contributed by atoms with van der Waals surface area (Å²) in [6.45, 7) is 3.47. The molecule has 1 aromatic carbocycles. The molecule has 0 bridgehead atoms. The van der Waals surface area contributed by atoms with Crippen LogP contribution < -0.4 is 5.23 Å². The number of quaternary nitrogens is 1. The van der Waals surface area contributed by atoms with E-state index in [1.165, 1.54) is 12.1 Å². The molecule has 8 heteroatoms. The minimum Gasteiger partial charge on any atom is -0.595 e. The Bertz CT molecular complexity index is 525. The maximum Gasteiger partial charge on any atom is 0.295 e. The van der Waals surface area contributed by atoms with Gasteiger partial charge in [-0.2, -0.15) is 13.6 Å². The Morgan fingerprint density at radius 3 is 2.44 bits per heavy atom. The summed E-state index contributed by atoms with van der Waals surface area (Å²) < 4.78 is 31.2. The first-order chi connectivity index (χ1) is 7.23. The Balaban J connectivity index is 3.51. The number of hydrogen-bond acceptors (Lipinski definition) is 4. The predicted molar refractivity (Wildman–Crippen MR) is 60.0 cm³/mol. The van der Waals surface area contributed by atoms with Gasteiger partial charge in [-0.05, 0) is 6.07 Å². The van der Waals surface area contributed by atoms with Gasteiger partial charge < -0.3 is 5.21 Å². The van der Waals surface area contributed by atoms with E-state index in [4.69, 9.17) is 9.76 Å². The fourth-order valence-electron chi connectivity index (χ4n) is 1.09. The highest BCUT2D eigenvalue weighted by atomic mass is 79.9. The van der Waals surface area contributed by atoms with Crippen molar-refractivity contribution in [2.45, 2.75) is 4.90 Å². The number of halogens is 1. The summed E-state index contributed by atoms with van der Waals surface area (Å²) in [5, 5.41) is 18.1. The van der Waals surface area contributed by atoms with E-state index in [1.54, 1.807) is 0 Å². The summed E-state index contributed by atoms with van der Waals surface area (Å²) in [4.78, 5) is -0.491. The van der Waals surface area contributed by atoms with E-state index in [2.05, 4.69) is 22.5 Å². The van der Waals surface area contributed by atoms with Crippen LogP contribution in [-0.4, -0.2) is 18.2 Å². The molecule has 6 nitrogen and oxygen atoms in total. The monoisotopic (exact) mass is 309 g/mol. The van der Waals surface area contributed by atoms with Crippen LogP contribution in [0.5, 0.6) is 0 Å². The van der Waals surface area contributed by atoms with Gasteiger partial charge in [-0.3, -0.25) is 4.55 Å². The molecule has 16 heavy (non-hydrogen) atoms. The van der Waals surface area contributed by atoms with Crippen LogP contribution in [0, 0.1) is 5.21 Å². The first kappa shape index (κ1) is 13.3. The zero-order valence-corrected chi connectivity index (χ0v) is 10.2. The molecular weight excluding hydrogens is 302 g/mol. The molecule has 0 aliphatic carbocycles. The van der Waals surface area contributed by atoms with Crippen LogP contribution in [0.3, 0.4) is 0 Å². The van der Waals surface area contributed by atoms with E-state index in [1.807, 2.05) is 0 Å². The van der Waals surface area contributed by atoms with Crippen LogP contribution in [0.15, 0.2) is 29.7 Å². The minimum atomic E-state index is -4.49. The van der Waals surface area contributed by atoms with E-state index in [-0.39, 0.29) is 15.7 Å². The maximum absolute atomic E-state index is 11.0. The fraction of sp³-hybridized carbons (Fsp3) is 0. The van der Waals surface area contributed by atoms with Crippen molar-refractivity contribution >= 4 is 36.2 Å². The third-order valence-corrected chi connectivity index (χ3v) is 3.12. The third kappa shape index (κ3) is 2.88. The molecule has 0 heterocycles. The lowest BCUT2D eigenvalue weighted by Crippen LogP contribution is -2.99. The smallest absolute Gasteiger partial charge is 0.295 e. The van der Waals surface area contributed by atoms with Gasteiger partial charge in [0, 0.05) is 22.2 Å². The van der Waals surface area contributed by atoms with Crippen molar-refractivity contribution in [3.05, 3.63) is 35.5 Å². The molecule has 3 N–H and O–H groups in total. The molecule has 1 aromatic rings. The molecule has 0 amide bonds. The second-order valence-corrected chi connectivity index (χ2v) is 5.24. The molecule has 88 valence electrons. The predicted octanol–water partition coefficient (Wildman–Crippen LogP) is 0.702. The summed E-state index contributed by atoms with van der Waals surface area (Å²) in [5.41, 5.74) is -0.113. The van der Waals surface area contributed by atoms with Gasteiger partial charge in [-0.25, -0.2) is 5.21 Å². The number of nitrogens with one attached hydrogen (secondary N) is 1. The number of hydrogen-bond donors (Lipinski definition) is 3. The van der Waals surface area contributed by atoms with Crippen molar-refractivity contribution in [2.75, 3.05) is 0 Å². The van der Waals surface area contributed by atoms with Crippen LogP contribution in [-0.2, 0) is 10.1 Å². The average molecular weight is 310 g/mol. The van der Waals surface area contributed by atoms with E-state index >= 15 is 0 Å². The Labute approximate surface area is 100 Å². The SMILES string of the molecule is C=C(Br)c1ccc([NH+]([O-])O)cc1S(=O)(=O)O. The van der Waals surface area contributed by atoms with Crippen molar-refractivity contribution in [3.63, 3.8) is 0 Å². The number of benzene rings is 1. The third-order valence-electron chi connectivity index (χ3n) is 1.80. The second-order valence-electron chi connectivity index (χ2n) is 2.90. The summed E-state index contributed by atoms with van der Waals surface area (Å²) in [5.74, 6) is 0. The fourth-order valence-corrected chi connectivity index (χ4v) is 2.31. The highest BCUT2D eigenvalue weighted by Gasteiger charge is 2.19. The Morgan fingerprint density at radius 2 is 2.06 bits per heavy atom. The zero-order valence-electron chi connectivity index (χ0n) is 7.84. The molecule has 1 unspecified atom stereocenters. The molecular formula is C8H8BrNO5S. The first-order valence-electron chi connectivity index (χ1n) is 3.93. The topological polar surface area (TPSA) is 102 Å². The molecule has 0 saturated carbocycles. The van der Waals surface area contributed by atoms with E-state index in [0.29, 0.717) is 0 Å². The van der Waals surface area contributed by atoms with Crippen molar-refractivity contribution in [3.8, 4) is 0 Å². The zero-order chi connectivity index (χ0) is 12.5. The van der Waals surface area contributed by atoms with Gasteiger partial charge in [0.05, 0.1) is 0 Å². The standard InChI is InChI=1S/C8H8BrNO5S/c1-5(9)7-3-2-6(10(11)12)4-8(7)16(13,14)15/h2-4,10-11H,1H2,(H,13,14,15). The van der Waals surface area contributed by atoms with Crippen LogP contribution in [0.4, 0.5) is 5.69 Å². The lowest BCUT2D eigenvalue weighted by Gasteiger charge is -2.13. The van der Waals surface area contributed by atoms with Gasteiger partial charge in [0.25, 0.3) is 10.1 Å².